The largest absolute Gasteiger partial charge is 0.394 e. The van der Waals surface area contributed by atoms with Gasteiger partial charge < -0.3 is 20.7 Å². The number of hydrogen-bond acceptors (Lipinski definition) is 6. The van der Waals surface area contributed by atoms with Gasteiger partial charge in [-0.05, 0) is 5.56 Å². The van der Waals surface area contributed by atoms with E-state index in [9.17, 15) is 9.90 Å². The van der Waals surface area contributed by atoms with E-state index in [0.29, 0.717) is 12.0 Å². The van der Waals surface area contributed by atoms with Crippen LogP contribution in [0.15, 0.2) is 41.3 Å². The van der Waals surface area contributed by atoms with Crippen LogP contribution in [0.2, 0.25) is 0 Å². The minimum atomic E-state index is -0.813. The molecule has 0 bridgehead atoms. The Balaban J connectivity index is 1.90. The maximum absolute atomic E-state index is 12.1. The molecule has 3 atom stereocenters. The predicted octanol–water partition coefficient (Wildman–Crippen LogP) is 0.0570. The molecule has 1 saturated heterocycles. The Labute approximate surface area is 133 Å². The molecule has 1 aromatic carbocycles. The fourth-order valence-corrected chi connectivity index (χ4v) is 2.73. The molecular formula is C16H19N3O4. The molecule has 0 amide bonds. The molecule has 4 N–H and O–H groups in total. The van der Waals surface area contributed by atoms with E-state index < -0.39 is 24.1 Å². The summed E-state index contributed by atoms with van der Waals surface area (Å²) < 4.78 is 6.84. The molecule has 1 fully saturated rings. The topological polar surface area (TPSA) is 111 Å². The average molecular weight is 317 g/mol. The Morgan fingerprint density at radius 3 is 2.74 bits per heavy atom. The van der Waals surface area contributed by atoms with Crippen LogP contribution < -0.4 is 11.4 Å². The van der Waals surface area contributed by atoms with Crippen molar-refractivity contribution in [3.05, 3.63) is 58.1 Å². The number of aliphatic hydroxyl groups is 2. The highest BCUT2D eigenvalue weighted by Gasteiger charge is 2.35. The molecule has 2 heterocycles. The van der Waals surface area contributed by atoms with Crippen molar-refractivity contribution in [2.45, 2.75) is 31.3 Å². The molecule has 0 aliphatic carbocycles. The first-order valence-electron chi connectivity index (χ1n) is 7.44. The maximum atomic E-state index is 12.1. The molecule has 0 unspecified atom stereocenters. The smallest absolute Gasteiger partial charge is 0.351 e. The number of rotatable bonds is 4. The Hall–Kier alpha value is -2.22. The fourth-order valence-electron chi connectivity index (χ4n) is 2.73. The first-order valence-corrected chi connectivity index (χ1v) is 7.44. The molecule has 2 aromatic rings. The molecule has 0 saturated carbocycles. The van der Waals surface area contributed by atoms with E-state index >= 15 is 0 Å². The van der Waals surface area contributed by atoms with Gasteiger partial charge in [0, 0.05) is 24.6 Å². The van der Waals surface area contributed by atoms with E-state index in [1.165, 1.54) is 4.57 Å². The molecule has 0 spiro atoms. The highest BCUT2D eigenvalue weighted by atomic mass is 16.5. The Morgan fingerprint density at radius 2 is 2.09 bits per heavy atom. The summed E-state index contributed by atoms with van der Waals surface area (Å²) in [5, 5.41) is 19.0. The summed E-state index contributed by atoms with van der Waals surface area (Å²) in [4.78, 5) is 15.9. The Bertz CT molecular complexity index is 732. The van der Waals surface area contributed by atoms with Gasteiger partial charge in [-0.2, -0.15) is 4.98 Å². The Kier molecular flexibility index (Phi) is 4.42. The second kappa shape index (κ2) is 6.49. The van der Waals surface area contributed by atoms with Crippen LogP contribution in [0.25, 0.3) is 0 Å². The van der Waals surface area contributed by atoms with Crippen molar-refractivity contribution >= 4 is 5.82 Å². The van der Waals surface area contributed by atoms with Crippen LogP contribution in [0.1, 0.15) is 23.8 Å². The summed E-state index contributed by atoms with van der Waals surface area (Å²) in [5.74, 6) is 0.187. The molecule has 3 rings (SSSR count). The van der Waals surface area contributed by atoms with Gasteiger partial charge in [0.2, 0.25) is 0 Å². The van der Waals surface area contributed by atoms with E-state index in [4.69, 9.17) is 15.6 Å². The highest BCUT2D eigenvalue weighted by Crippen LogP contribution is 2.28. The highest BCUT2D eigenvalue weighted by molar-refractivity contribution is 5.40. The van der Waals surface area contributed by atoms with E-state index in [2.05, 4.69) is 4.98 Å². The third kappa shape index (κ3) is 3.26. The van der Waals surface area contributed by atoms with E-state index in [0.717, 1.165) is 5.56 Å². The predicted molar refractivity (Wildman–Crippen MR) is 83.8 cm³/mol. The number of nitrogen functional groups attached to an aromatic ring is 1. The minimum Gasteiger partial charge on any atom is -0.394 e. The summed E-state index contributed by atoms with van der Waals surface area (Å²) in [6.45, 7) is -0.300. The number of aromatic nitrogens is 2. The summed E-state index contributed by atoms with van der Waals surface area (Å²) in [7, 11) is 0. The van der Waals surface area contributed by atoms with Crippen molar-refractivity contribution in [3.8, 4) is 0 Å². The van der Waals surface area contributed by atoms with Crippen molar-refractivity contribution in [2.75, 3.05) is 12.3 Å². The fraction of sp³-hybridized carbons (Fsp3) is 0.375. The van der Waals surface area contributed by atoms with E-state index in [1.54, 1.807) is 6.20 Å². The van der Waals surface area contributed by atoms with Gasteiger partial charge in [-0.25, -0.2) is 4.79 Å². The summed E-state index contributed by atoms with van der Waals surface area (Å²) in [6.07, 6.45) is 0.223. The Morgan fingerprint density at radius 1 is 1.35 bits per heavy atom. The number of hydrogen-bond donors (Lipinski definition) is 3. The van der Waals surface area contributed by atoms with Crippen molar-refractivity contribution in [2.24, 2.45) is 0 Å². The van der Waals surface area contributed by atoms with Gasteiger partial charge in [0.05, 0.1) is 12.7 Å². The zero-order valence-electron chi connectivity index (χ0n) is 12.5. The van der Waals surface area contributed by atoms with Crippen LogP contribution in [0.4, 0.5) is 5.82 Å². The second-order valence-electron chi connectivity index (χ2n) is 5.62. The average Bonchev–Trinajstić information content (AvgIpc) is 2.91. The van der Waals surface area contributed by atoms with Gasteiger partial charge in [0.15, 0.2) is 0 Å². The van der Waals surface area contributed by atoms with Gasteiger partial charge in [-0.1, -0.05) is 30.3 Å². The zero-order valence-corrected chi connectivity index (χ0v) is 12.5. The van der Waals surface area contributed by atoms with Crippen molar-refractivity contribution in [3.63, 3.8) is 0 Å². The van der Waals surface area contributed by atoms with E-state index in [1.807, 2.05) is 30.3 Å². The number of anilines is 1. The van der Waals surface area contributed by atoms with Gasteiger partial charge in [-0.3, -0.25) is 4.57 Å². The van der Waals surface area contributed by atoms with Crippen LogP contribution in [0.5, 0.6) is 0 Å². The lowest BCUT2D eigenvalue weighted by Gasteiger charge is -2.16. The first kappa shape index (κ1) is 15.7. The third-order valence-corrected chi connectivity index (χ3v) is 3.99. The molecule has 7 nitrogen and oxygen atoms in total. The number of nitrogens with zero attached hydrogens (tertiary/aromatic N) is 2. The molecule has 1 aliphatic heterocycles. The summed E-state index contributed by atoms with van der Waals surface area (Å²) in [6, 6.07) is 9.71. The van der Waals surface area contributed by atoms with Crippen LogP contribution in [0.3, 0.4) is 0 Å². The van der Waals surface area contributed by atoms with Crippen LogP contribution in [-0.4, -0.2) is 38.6 Å². The molecule has 7 heteroatoms. The normalized spacial score (nSPS) is 24.0. The van der Waals surface area contributed by atoms with Crippen LogP contribution >= 0.6 is 0 Å². The van der Waals surface area contributed by atoms with Crippen molar-refractivity contribution < 1.29 is 14.9 Å². The number of ether oxygens (including phenoxy) is 1. The maximum Gasteiger partial charge on any atom is 0.351 e. The van der Waals surface area contributed by atoms with Gasteiger partial charge in [0.25, 0.3) is 0 Å². The number of nitrogens with two attached hydrogens (primary N) is 1. The molecule has 122 valence electrons. The first-order chi connectivity index (χ1) is 11.1. The van der Waals surface area contributed by atoms with Crippen LogP contribution in [0, 0.1) is 0 Å². The molecular weight excluding hydrogens is 298 g/mol. The van der Waals surface area contributed by atoms with Crippen molar-refractivity contribution in [1.29, 1.82) is 0 Å². The molecule has 1 aliphatic rings. The summed E-state index contributed by atoms with van der Waals surface area (Å²) in [5.41, 5.74) is 7.09. The zero-order chi connectivity index (χ0) is 16.4. The molecule has 0 radical (unpaired) electrons. The second-order valence-corrected chi connectivity index (χ2v) is 5.62. The molecule has 1 aromatic heterocycles. The van der Waals surface area contributed by atoms with Crippen LogP contribution in [-0.2, 0) is 11.2 Å². The summed E-state index contributed by atoms with van der Waals surface area (Å²) >= 11 is 0. The lowest BCUT2D eigenvalue weighted by Crippen LogP contribution is -2.29. The van der Waals surface area contributed by atoms with Gasteiger partial charge in [0.1, 0.15) is 18.1 Å². The number of benzene rings is 1. The van der Waals surface area contributed by atoms with Gasteiger partial charge >= 0.3 is 5.69 Å². The monoisotopic (exact) mass is 317 g/mol. The standard InChI is InChI=1S/C16H19N3O4/c17-15-11(6-10-4-2-1-3-5-10)8-19(16(22)18-15)14-7-12(21)13(9-20)23-14/h1-5,8,12-14,20-21H,6-7,9H2,(H2,17,18,22)/t12-,13+,14+/m1/s1. The van der Waals surface area contributed by atoms with Crippen molar-refractivity contribution in [1.82, 2.24) is 9.55 Å². The SMILES string of the molecule is Nc1nc(=O)n([C@@H]2C[C@@H](O)[C@H](CO)O2)cc1Cc1ccccc1. The quantitative estimate of drug-likeness (QED) is 0.735. The lowest BCUT2D eigenvalue weighted by atomic mass is 10.1. The van der Waals surface area contributed by atoms with E-state index in [-0.39, 0.29) is 18.8 Å². The third-order valence-electron chi connectivity index (χ3n) is 3.99. The molecule has 23 heavy (non-hydrogen) atoms. The number of aliphatic hydroxyl groups excluding tert-OH is 2. The lowest BCUT2D eigenvalue weighted by molar-refractivity contribution is -0.0459. The van der Waals surface area contributed by atoms with Gasteiger partial charge in [-0.15, -0.1) is 0 Å². The minimum absolute atomic E-state index is 0.187.